The molecule has 1 saturated carbocycles. The topological polar surface area (TPSA) is 39.7 Å². The second kappa shape index (κ2) is 7.90. The van der Waals surface area contributed by atoms with E-state index in [1.54, 1.807) is 7.05 Å². The fraction of sp³-hybridized carbons (Fsp3) is 0.684. The van der Waals surface area contributed by atoms with Crippen LogP contribution >= 0.6 is 0 Å². The summed E-state index contributed by atoms with van der Waals surface area (Å²) in [5.41, 5.74) is -3.03. The van der Waals surface area contributed by atoms with Gasteiger partial charge in [-0.3, -0.25) is 4.79 Å². The van der Waals surface area contributed by atoms with Crippen molar-refractivity contribution < 1.29 is 31.1 Å². The van der Waals surface area contributed by atoms with E-state index in [2.05, 4.69) is 4.98 Å². The number of carbonyl (C=O) groups is 1. The summed E-state index contributed by atoms with van der Waals surface area (Å²) in [4.78, 5) is 21.3. The summed E-state index contributed by atoms with van der Waals surface area (Å²) in [7, 11) is 5.28. The lowest BCUT2D eigenvalue weighted by Gasteiger charge is -2.38. The number of halogens is 6. The summed E-state index contributed by atoms with van der Waals surface area (Å²) in [6.07, 6.45) is -8.12. The maximum absolute atomic E-state index is 13.3. The molecule has 1 amide bonds. The predicted octanol–water partition coefficient (Wildman–Crippen LogP) is 3.50. The first kappa shape index (κ1) is 22.6. The largest absolute Gasteiger partial charge is 0.433 e. The minimum absolute atomic E-state index is 0.0118. The van der Waals surface area contributed by atoms with E-state index in [-0.39, 0.29) is 23.9 Å². The molecule has 2 heterocycles. The average Bonchev–Trinajstić information content (AvgIpc) is 3.25. The van der Waals surface area contributed by atoms with E-state index in [1.807, 2.05) is 19.0 Å². The summed E-state index contributed by atoms with van der Waals surface area (Å²) < 4.78 is 79.6. The first-order valence-electron chi connectivity index (χ1n) is 9.63. The van der Waals surface area contributed by atoms with Crippen LogP contribution in [0.4, 0.5) is 32.2 Å². The summed E-state index contributed by atoms with van der Waals surface area (Å²) in [6.45, 7) is 0.987. The molecule has 2 bridgehead atoms. The molecule has 0 aromatic carbocycles. The molecular weight excluding hydrogens is 414 g/mol. The first-order valence-corrected chi connectivity index (χ1v) is 9.63. The van der Waals surface area contributed by atoms with Crippen molar-refractivity contribution >= 4 is 11.7 Å². The van der Waals surface area contributed by atoms with Crippen LogP contribution in [-0.2, 0) is 17.1 Å². The zero-order chi connectivity index (χ0) is 22.4. The Labute approximate surface area is 170 Å². The third-order valence-corrected chi connectivity index (χ3v) is 5.79. The summed E-state index contributed by atoms with van der Waals surface area (Å²) in [6, 6.07) is -0.482. The Balaban J connectivity index is 1.99. The lowest BCUT2D eigenvalue weighted by Crippen LogP contribution is -2.52. The van der Waals surface area contributed by atoms with Crippen molar-refractivity contribution in [3.8, 4) is 0 Å². The summed E-state index contributed by atoms with van der Waals surface area (Å²) in [5, 5.41) is 0. The van der Waals surface area contributed by atoms with Gasteiger partial charge in [-0.2, -0.15) is 26.3 Å². The molecule has 3 atom stereocenters. The van der Waals surface area contributed by atoms with Crippen LogP contribution in [0.15, 0.2) is 12.1 Å². The van der Waals surface area contributed by atoms with E-state index in [4.69, 9.17) is 0 Å². The smallest absolute Gasteiger partial charge is 0.343 e. The molecule has 168 valence electrons. The molecule has 2 aliphatic rings. The SMILES string of the molecule is CN(C)CCN(C)C(=O)[C@@H]1[C@H]2CC[C@H](C2)N1c1cc(C(F)(F)F)cc(C(F)(F)F)n1. The molecule has 1 saturated heterocycles. The van der Waals surface area contributed by atoms with Gasteiger partial charge in [-0.15, -0.1) is 0 Å². The van der Waals surface area contributed by atoms with Gasteiger partial charge in [0.2, 0.25) is 5.91 Å². The van der Waals surface area contributed by atoms with Gasteiger partial charge in [-0.05, 0) is 51.4 Å². The summed E-state index contributed by atoms with van der Waals surface area (Å²) >= 11 is 0. The highest BCUT2D eigenvalue weighted by Gasteiger charge is 2.51. The Bertz CT molecular complexity index is 762. The van der Waals surface area contributed by atoms with Gasteiger partial charge in [0.1, 0.15) is 17.6 Å². The van der Waals surface area contributed by atoms with Gasteiger partial charge in [-0.25, -0.2) is 4.98 Å². The molecule has 0 unspecified atom stereocenters. The Morgan fingerprint density at radius 1 is 1.07 bits per heavy atom. The number of piperidine rings is 1. The fourth-order valence-electron chi connectivity index (χ4n) is 4.28. The standard InChI is InChI=1S/C19H24F6N4O/c1-27(2)6-7-28(3)17(30)16-11-4-5-13(8-11)29(16)15-10-12(18(20,21)22)9-14(26-15)19(23,24)25/h9-11,13,16H,4-8H2,1-3H3/t11-,13+,16-/m0/s1. The Morgan fingerprint density at radius 2 is 1.73 bits per heavy atom. The van der Waals surface area contributed by atoms with Gasteiger partial charge in [0, 0.05) is 26.2 Å². The maximum atomic E-state index is 13.3. The highest BCUT2D eigenvalue weighted by molar-refractivity contribution is 5.86. The molecule has 1 aliphatic carbocycles. The zero-order valence-corrected chi connectivity index (χ0v) is 16.9. The van der Waals surface area contributed by atoms with Gasteiger partial charge < -0.3 is 14.7 Å². The van der Waals surface area contributed by atoms with Crippen LogP contribution in [0.5, 0.6) is 0 Å². The first-order chi connectivity index (χ1) is 13.8. The van der Waals surface area contributed by atoms with E-state index in [1.165, 1.54) is 9.80 Å². The number of hydrogen-bond donors (Lipinski definition) is 0. The van der Waals surface area contributed by atoms with E-state index in [0.717, 1.165) is 0 Å². The second-order valence-electron chi connectivity index (χ2n) is 8.24. The van der Waals surface area contributed by atoms with E-state index in [9.17, 15) is 31.1 Å². The minimum atomic E-state index is -5.03. The van der Waals surface area contributed by atoms with Crippen LogP contribution in [0.25, 0.3) is 0 Å². The number of amides is 1. The molecule has 1 aliphatic heterocycles. The number of nitrogens with zero attached hydrogens (tertiary/aromatic N) is 4. The van der Waals surface area contributed by atoms with Crippen LogP contribution in [0.2, 0.25) is 0 Å². The van der Waals surface area contributed by atoms with Gasteiger partial charge in [0.05, 0.1) is 5.56 Å². The number of carbonyl (C=O) groups excluding carboxylic acids is 1. The predicted molar refractivity (Wildman–Crippen MR) is 97.8 cm³/mol. The molecule has 0 radical (unpaired) electrons. The Hall–Kier alpha value is -2.04. The second-order valence-corrected chi connectivity index (χ2v) is 8.24. The summed E-state index contributed by atoms with van der Waals surface area (Å²) in [5.74, 6) is -0.865. The molecular formula is C19H24F6N4O. The number of aromatic nitrogens is 1. The molecule has 5 nitrogen and oxygen atoms in total. The number of rotatable bonds is 5. The molecule has 0 spiro atoms. The lowest BCUT2D eigenvalue weighted by atomic mass is 9.97. The molecule has 11 heteroatoms. The van der Waals surface area contributed by atoms with Crippen LogP contribution in [0, 0.1) is 5.92 Å². The van der Waals surface area contributed by atoms with Gasteiger partial charge in [0.25, 0.3) is 0 Å². The van der Waals surface area contributed by atoms with Gasteiger partial charge in [-0.1, -0.05) is 0 Å². The van der Waals surface area contributed by atoms with Crippen molar-refractivity contribution in [2.24, 2.45) is 5.92 Å². The van der Waals surface area contributed by atoms with Gasteiger partial charge in [0.15, 0.2) is 0 Å². The number of alkyl halides is 6. The molecule has 30 heavy (non-hydrogen) atoms. The van der Waals surface area contributed by atoms with Crippen LogP contribution in [0.3, 0.4) is 0 Å². The average molecular weight is 438 g/mol. The van der Waals surface area contributed by atoms with Crippen LogP contribution < -0.4 is 4.90 Å². The molecule has 0 N–H and O–H groups in total. The Kier molecular flexibility index (Phi) is 5.96. The molecule has 1 aromatic rings. The monoisotopic (exact) mass is 438 g/mol. The van der Waals surface area contributed by atoms with Crippen molar-refractivity contribution in [2.75, 3.05) is 39.1 Å². The lowest BCUT2D eigenvalue weighted by molar-refractivity contribution is -0.145. The highest BCUT2D eigenvalue weighted by atomic mass is 19.4. The van der Waals surface area contributed by atoms with Crippen molar-refractivity contribution in [1.29, 1.82) is 0 Å². The molecule has 2 fully saturated rings. The fourth-order valence-corrected chi connectivity index (χ4v) is 4.28. The zero-order valence-electron chi connectivity index (χ0n) is 16.9. The number of pyridine rings is 1. The van der Waals surface area contributed by atoms with E-state index < -0.39 is 35.5 Å². The van der Waals surface area contributed by atoms with Crippen molar-refractivity contribution in [3.63, 3.8) is 0 Å². The maximum Gasteiger partial charge on any atom is 0.433 e. The molecule has 3 rings (SSSR count). The Morgan fingerprint density at radius 3 is 2.30 bits per heavy atom. The third kappa shape index (κ3) is 4.50. The van der Waals surface area contributed by atoms with E-state index >= 15 is 0 Å². The van der Waals surface area contributed by atoms with Gasteiger partial charge >= 0.3 is 12.4 Å². The quantitative estimate of drug-likeness (QED) is 0.660. The number of fused-ring (bicyclic) bond motifs is 2. The van der Waals surface area contributed by atoms with E-state index in [0.29, 0.717) is 38.4 Å². The van der Waals surface area contributed by atoms with Crippen molar-refractivity contribution in [3.05, 3.63) is 23.4 Å². The third-order valence-electron chi connectivity index (χ3n) is 5.79. The van der Waals surface area contributed by atoms with Crippen LogP contribution in [-0.4, -0.2) is 67.0 Å². The van der Waals surface area contributed by atoms with Crippen molar-refractivity contribution in [2.45, 2.75) is 43.7 Å². The minimum Gasteiger partial charge on any atom is -0.343 e. The number of hydrogen-bond acceptors (Lipinski definition) is 4. The highest BCUT2D eigenvalue weighted by Crippen LogP contribution is 2.46. The van der Waals surface area contributed by atoms with Crippen LogP contribution in [0.1, 0.15) is 30.5 Å². The number of anilines is 1. The van der Waals surface area contributed by atoms with Crippen molar-refractivity contribution in [1.82, 2.24) is 14.8 Å². The number of likely N-dealkylation sites (N-methyl/N-ethyl adjacent to an activating group) is 2. The normalized spacial score (nSPS) is 24.1. The molecule has 1 aromatic heterocycles.